The largest absolute Gasteiger partial charge is 0.356 e. The fraction of sp³-hybridized carbons (Fsp3) is 0.444. The van der Waals surface area contributed by atoms with Gasteiger partial charge in [-0.05, 0) is 32.7 Å². The molecule has 1 aromatic heterocycles. The van der Waals surface area contributed by atoms with Crippen molar-refractivity contribution in [2.45, 2.75) is 37.8 Å². The number of fused-ring (bicyclic) bond motifs is 2. The second-order valence-electron chi connectivity index (χ2n) is 6.54. The molecule has 2 bridgehead atoms. The van der Waals surface area contributed by atoms with Crippen molar-refractivity contribution in [2.24, 2.45) is 5.92 Å². The predicted octanol–water partition coefficient (Wildman–Crippen LogP) is 3.40. The molecule has 4 heteroatoms. The van der Waals surface area contributed by atoms with Crippen LogP contribution in [0.25, 0.3) is 11.3 Å². The number of nitrogens with zero attached hydrogens (tertiary/aromatic N) is 2. The highest BCUT2D eigenvalue weighted by molar-refractivity contribution is 5.98. The molecule has 2 unspecified atom stereocenters. The van der Waals surface area contributed by atoms with Gasteiger partial charge in [-0.3, -0.25) is 4.79 Å². The highest BCUT2D eigenvalue weighted by Crippen LogP contribution is 2.38. The van der Waals surface area contributed by atoms with Crippen LogP contribution < -0.4 is 0 Å². The van der Waals surface area contributed by atoms with E-state index in [9.17, 15) is 4.79 Å². The number of benzene rings is 1. The number of hydrogen-bond donors (Lipinski definition) is 0. The second kappa shape index (κ2) is 5.36. The summed E-state index contributed by atoms with van der Waals surface area (Å²) >= 11 is 0. The molecule has 2 atom stereocenters. The van der Waals surface area contributed by atoms with Crippen molar-refractivity contribution in [1.82, 2.24) is 10.1 Å². The Labute approximate surface area is 130 Å². The average Bonchev–Trinajstić information content (AvgIpc) is 3.13. The standard InChI is InChI=1S/C18H20N2O2/c1-20-15-6-7-16(20)11-14(10-15)18(21)13-4-2-12(3-5-13)17-8-9-19-22-17/h2-5,8-9,14-16H,6-7,10-11H2,1H3. The zero-order valence-corrected chi connectivity index (χ0v) is 12.7. The lowest BCUT2D eigenvalue weighted by Gasteiger charge is -2.35. The van der Waals surface area contributed by atoms with Gasteiger partial charge in [0, 0.05) is 35.2 Å². The number of hydrogen-bond acceptors (Lipinski definition) is 4. The number of ketones is 1. The third kappa shape index (κ3) is 2.28. The summed E-state index contributed by atoms with van der Waals surface area (Å²) in [6.45, 7) is 0. The lowest BCUT2D eigenvalue weighted by Crippen LogP contribution is -2.42. The van der Waals surface area contributed by atoms with Gasteiger partial charge in [0.1, 0.15) is 0 Å². The Morgan fingerprint density at radius 2 is 1.82 bits per heavy atom. The van der Waals surface area contributed by atoms with E-state index in [0.717, 1.165) is 29.7 Å². The summed E-state index contributed by atoms with van der Waals surface area (Å²) in [5, 5.41) is 3.71. The SMILES string of the molecule is CN1C2CCC1CC(C(=O)c1ccc(-c3ccno3)cc1)C2. The Morgan fingerprint density at radius 1 is 1.14 bits per heavy atom. The molecule has 4 rings (SSSR count). The van der Waals surface area contributed by atoms with Gasteiger partial charge in [0.2, 0.25) is 0 Å². The van der Waals surface area contributed by atoms with Crippen molar-refractivity contribution in [1.29, 1.82) is 0 Å². The third-order valence-corrected chi connectivity index (χ3v) is 5.36. The van der Waals surface area contributed by atoms with Crippen molar-refractivity contribution in [3.05, 3.63) is 42.1 Å². The Hall–Kier alpha value is -1.94. The van der Waals surface area contributed by atoms with E-state index in [1.165, 1.54) is 12.8 Å². The normalized spacial score (nSPS) is 28.0. The minimum atomic E-state index is 0.185. The maximum atomic E-state index is 12.8. The van der Waals surface area contributed by atoms with Crippen LogP contribution in [0.5, 0.6) is 0 Å². The molecule has 0 spiro atoms. The molecule has 114 valence electrons. The predicted molar refractivity (Wildman–Crippen MR) is 83.6 cm³/mol. The molecule has 0 radical (unpaired) electrons. The van der Waals surface area contributed by atoms with Crippen molar-refractivity contribution in [2.75, 3.05) is 7.05 Å². The lowest BCUT2D eigenvalue weighted by molar-refractivity contribution is 0.0767. The summed E-state index contributed by atoms with van der Waals surface area (Å²) in [5.74, 6) is 1.22. The van der Waals surface area contributed by atoms with Crippen LogP contribution in [0.1, 0.15) is 36.0 Å². The zero-order valence-electron chi connectivity index (χ0n) is 12.7. The van der Waals surface area contributed by atoms with Gasteiger partial charge in [0.05, 0.1) is 6.20 Å². The van der Waals surface area contributed by atoms with Crippen molar-refractivity contribution in [3.63, 3.8) is 0 Å². The van der Waals surface area contributed by atoms with Crippen molar-refractivity contribution >= 4 is 5.78 Å². The maximum absolute atomic E-state index is 12.8. The van der Waals surface area contributed by atoms with Gasteiger partial charge in [0.25, 0.3) is 0 Å². The molecule has 2 aliphatic heterocycles. The van der Waals surface area contributed by atoms with E-state index >= 15 is 0 Å². The quantitative estimate of drug-likeness (QED) is 0.814. The Balaban J connectivity index is 1.51. The van der Waals surface area contributed by atoms with E-state index < -0.39 is 0 Å². The second-order valence-corrected chi connectivity index (χ2v) is 6.54. The summed E-state index contributed by atoms with van der Waals surface area (Å²) in [6.07, 6.45) is 6.14. The first-order valence-corrected chi connectivity index (χ1v) is 7.99. The summed E-state index contributed by atoms with van der Waals surface area (Å²) in [4.78, 5) is 15.2. The van der Waals surface area contributed by atoms with Crippen LogP contribution in [-0.2, 0) is 0 Å². The molecule has 3 heterocycles. The maximum Gasteiger partial charge on any atom is 0.166 e. The monoisotopic (exact) mass is 296 g/mol. The van der Waals surface area contributed by atoms with Crippen LogP contribution in [0.2, 0.25) is 0 Å². The molecule has 2 saturated heterocycles. The van der Waals surface area contributed by atoms with Gasteiger partial charge in [-0.2, -0.15) is 0 Å². The fourth-order valence-electron chi connectivity index (χ4n) is 4.02. The van der Waals surface area contributed by atoms with Crippen LogP contribution in [0.15, 0.2) is 41.1 Å². The smallest absolute Gasteiger partial charge is 0.166 e. The molecule has 4 nitrogen and oxygen atoms in total. The van der Waals surface area contributed by atoms with E-state index in [1.54, 1.807) is 6.20 Å². The van der Waals surface area contributed by atoms with E-state index in [-0.39, 0.29) is 5.92 Å². The fourth-order valence-corrected chi connectivity index (χ4v) is 4.02. The number of Topliss-reactive ketones (excluding diaryl/α,β-unsaturated/α-hetero) is 1. The minimum absolute atomic E-state index is 0.185. The number of rotatable bonds is 3. The van der Waals surface area contributed by atoms with Crippen molar-refractivity contribution in [3.8, 4) is 11.3 Å². The van der Waals surface area contributed by atoms with Crippen LogP contribution in [0.4, 0.5) is 0 Å². The topological polar surface area (TPSA) is 46.3 Å². The van der Waals surface area contributed by atoms with Crippen LogP contribution >= 0.6 is 0 Å². The van der Waals surface area contributed by atoms with E-state index in [4.69, 9.17) is 4.52 Å². The Kier molecular flexibility index (Phi) is 3.34. The van der Waals surface area contributed by atoms with E-state index in [0.29, 0.717) is 17.9 Å². The highest BCUT2D eigenvalue weighted by Gasteiger charge is 2.40. The molecule has 22 heavy (non-hydrogen) atoms. The van der Waals surface area contributed by atoms with Gasteiger partial charge in [0.15, 0.2) is 11.5 Å². The molecule has 1 aromatic carbocycles. The molecule has 0 N–H and O–H groups in total. The summed E-state index contributed by atoms with van der Waals surface area (Å²) in [6, 6.07) is 10.7. The highest BCUT2D eigenvalue weighted by atomic mass is 16.5. The summed E-state index contributed by atoms with van der Waals surface area (Å²) in [7, 11) is 2.20. The summed E-state index contributed by atoms with van der Waals surface area (Å²) in [5.41, 5.74) is 1.77. The first kappa shape index (κ1) is 13.7. The molecule has 0 aliphatic carbocycles. The van der Waals surface area contributed by atoms with E-state index in [2.05, 4.69) is 17.1 Å². The minimum Gasteiger partial charge on any atom is -0.356 e. The Bertz CT molecular complexity index is 649. The molecule has 0 saturated carbocycles. The summed E-state index contributed by atoms with van der Waals surface area (Å²) < 4.78 is 5.14. The Morgan fingerprint density at radius 3 is 2.41 bits per heavy atom. The van der Waals surface area contributed by atoms with Gasteiger partial charge in [-0.1, -0.05) is 29.4 Å². The number of aromatic nitrogens is 1. The van der Waals surface area contributed by atoms with Crippen LogP contribution in [0, 0.1) is 5.92 Å². The van der Waals surface area contributed by atoms with Gasteiger partial charge >= 0.3 is 0 Å². The lowest BCUT2D eigenvalue weighted by atomic mass is 9.85. The number of carbonyl (C=O) groups is 1. The molecular weight excluding hydrogens is 276 g/mol. The van der Waals surface area contributed by atoms with E-state index in [1.807, 2.05) is 30.3 Å². The zero-order chi connectivity index (χ0) is 15.1. The molecular formula is C18H20N2O2. The molecule has 0 amide bonds. The van der Waals surface area contributed by atoms with Crippen LogP contribution in [0.3, 0.4) is 0 Å². The molecule has 2 fully saturated rings. The third-order valence-electron chi connectivity index (χ3n) is 5.36. The number of piperidine rings is 1. The van der Waals surface area contributed by atoms with Crippen LogP contribution in [-0.4, -0.2) is 35.0 Å². The molecule has 2 aromatic rings. The van der Waals surface area contributed by atoms with Gasteiger partial charge in [-0.25, -0.2) is 0 Å². The first-order valence-electron chi connectivity index (χ1n) is 7.99. The first-order chi connectivity index (χ1) is 10.7. The van der Waals surface area contributed by atoms with Gasteiger partial charge in [-0.15, -0.1) is 0 Å². The molecule has 2 aliphatic rings. The van der Waals surface area contributed by atoms with Crippen molar-refractivity contribution < 1.29 is 9.32 Å². The number of carbonyl (C=O) groups excluding carboxylic acids is 1. The average molecular weight is 296 g/mol. The van der Waals surface area contributed by atoms with Gasteiger partial charge < -0.3 is 9.42 Å².